The van der Waals surface area contributed by atoms with Crippen molar-refractivity contribution in [2.45, 2.75) is 20.0 Å². The minimum atomic E-state index is -0.112. The van der Waals surface area contributed by atoms with Crippen molar-refractivity contribution in [3.8, 4) is 28.4 Å². The highest BCUT2D eigenvalue weighted by atomic mass is 35.5. The SMILES string of the molecule is CCc1cc2c(=O)c(-c3ccc4c(c3)OCCO4)coc2cc1OCc1ccc(Cl)c(Cl)c1. The molecule has 5 rings (SSSR count). The van der Waals surface area contributed by atoms with E-state index in [1.807, 2.05) is 37.3 Å². The molecule has 33 heavy (non-hydrogen) atoms. The second-order valence-corrected chi connectivity index (χ2v) is 8.50. The Morgan fingerprint density at radius 1 is 0.939 bits per heavy atom. The van der Waals surface area contributed by atoms with Gasteiger partial charge in [0, 0.05) is 6.07 Å². The van der Waals surface area contributed by atoms with Crippen LogP contribution in [-0.4, -0.2) is 13.2 Å². The molecule has 0 amide bonds. The molecule has 0 atom stereocenters. The first-order valence-corrected chi connectivity index (χ1v) is 11.3. The molecular weight excluding hydrogens is 463 g/mol. The van der Waals surface area contributed by atoms with Crippen LogP contribution >= 0.6 is 23.2 Å². The highest BCUT2D eigenvalue weighted by molar-refractivity contribution is 6.42. The zero-order valence-electron chi connectivity index (χ0n) is 17.8. The molecule has 0 saturated carbocycles. The molecule has 7 heteroatoms. The van der Waals surface area contributed by atoms with Crippen LogP contribution in [0.5, 0.6) is 17.2 Å². The molecule has 0 saturated heterocycles. The normalized spacial score (nSPS) is 12.7. The lowest BCUT2D eigenvalue weighted by Gasteiger charge is -2.18. The van der Waals surface area contributed by atoms with Gasteiger partial charge >= 0.3 is 0 Å². The standard InChI is InChI=1S/C26H20Cl2O5/c1-2-16-10-18-24(12-23(16)32-13-15-3-5-20(27)21(28)9-15)33-14-19(26(18)29)17-4-6-22-25(11-17)31-8-7-30-22/h3-6,9-12,14H,2,7-8,13H2,1H3. The number of fused-ring (bicyclic) bond motifs is 2. The van der Waals surface area contributed by atoms with Crippen molar-refractivity contribution in [3.63, 3.8) is 0 Å². The first-order valence-electron chi connectivity index (χ1n) is 10.6. The first-order chi connectivity index (χ1) is 16.0. The Morgan fingerprint density at radius 2 is 1.76 bits per heavy atom. The molecule has 1 aliphatic rings. The van der Waals surface area contributed by atoms with E-state index in [9.17, 15) is 4.79 Å². The van der Waals surface area contributed by atoms with E-state index in [2.05, 4.69) is 0 Å². The van der Waals surface area contributed by atoms with Crippen LogP contribution in [0, 0.1) is 0 Å². The van der Waals surface area contributed by atoms with Gasteiger partial charge < -0.3 is 18.6 Å². The molecule has 5 nitrogen and oxygen atoms in total. The Bertz CT molecular complexity index is 1410. The third kappa shape index (κ3) is 4.26. The molecular formula is C26H20Cl2O5. The average molecular weight is 483 g/mol. The van der Waals surface area contributed by atoms with Gasteiger partial charge in [0.1, 0.15) is 37.4 Å². The highest BCUT2D eigenvalue weighted by Crippen LogP contribution is 2.35. The van der Waals surface area contributed by atoms with E-state index in [0.29, 0.717) is 75.6 Å². The lowest BCUT2D eigenvalue weighted by atomic mass is 10.0. The summed E-state index contributed by atoms with van der Waals surface area (Å²) in [5.74, 6) is 1.96. The summed E-state index contributed by atoms with van der Waals surface area (Å²) in [5.41, 5.74) is 3.33. The van der Waals surface area contributed by atoms with Gasteiger partial charge in [0.25, 0.3) is 0 Å². The lowest BCUT2D eigenvalue weighted by molar-refractivity contribution is 0.171. The van der Waals surface area contributed by atoms with E-state index < -0.39 is 0 Å². The van der Waals surface area contributed by atoms with Crippen LogP contribution < -0.4 is 19.6 Å². The molecule has 0 bridgehead atoms. The molecule has 0 fully saturated rings. The van der Waals surface area contributed by atoms with Crippen LogP contribution in [0.2, 0.25) is 10.0 Å². The van der Waals surface area contributed by atoms with Crippen molar-refractivity contribution in [2.24, 2.45) is 0 Å². The van der Waals surface area contributed by atoms with E-state index in [0.717, 1.165) is 11.1 Å². The molecule has 0 aliphatic carbocycles. The van der Waals surface area contributed by atoms with Gasteiger partial charge in [-0.3, -0.25) is 4.79 Å². The minimum Gasteiger partial charge on any atom is -0.488 e. The third-order valence-electron chi connectivity index (χ3n) is 5.57. The van der Waals surface area contributed by atoms with Crippen molar-refractivity contribution in [1.29, 1.82) is 0 Å². The molecule has 1 aromatic heterocycles. The maximum absolute atomic E-state index is 13.3. The van der Waals surface area contributed by atoms with Crippen molar-refractivity contribution in [3.05, 3.63) is 86.2 Å². The summed E-state index contributed by atoms with van der Waals surface area (Å²) in [6.07, 6.45) is 2.17. The summed E-state index contributed by atoms with van der Waals surface area (Å²) in [6.45, 7) is 3.32. The van der Waals surface area contributed by atoms with Gasteiger partial charge in [-0.05, 0) is 53.4 Å². The Morgan fingerprint density at radius 3 is 2.55 bits per heavy atom. The van der Waals surface area contributed by atoms with E-state index in [1.165, 1.54) is 6.26 Å². The van der Waals surface area contributed by atoms with Gasteiger partial charge in [-0.1, -0.05) is 42.3 Å². The van der Waals surface area contributed by atoms with Crippen molar-refractivity contribution in [2.75, 3.05) is 13.2 Å². The summed E-state index contributed by atoms with van der Waals surface area (Å²) in [7, 11) is 0. The second kappa shape index (κ2) is 9.00. The van der Waals surface area contributed by atoms with Gasteiger partial charge in [-0.2, -0.15) is 0 Å². The molecule has 1 aliphatic heterocycles. The number of ether oxygens (including phenoxy) is 3. The predicted octanol–water partition coefficient (Wildman–Crippen LogP) is 6.68. The van der Waals surface area contributed by atoms with Crippen LogP contribution in [0.25, 0.3) is 22.1 Å². The molecule has 2 heterocycles. The number of rotatable bonds is 5. The van der Waals surface area contributed by atoms with E-state index in [1.54, 1.807) is 18.2 Å². The van der Waals surface area contributed by atoms with Crippen LogP contribution in [-0.2, 0) is 13.0 Å². The maximum atomic E-state index is 13.3. The van der Waals surface area contributed by atoms with Crippen LogP contribution in [0.4, 0.5) is 0 Å². The molecule has 0 N–H and O–H groups in total. The number of halogens is 2. The second-order valence-electron chi connectivity index (χ2n) is 7.68. The number of hydrogen-bond acceptors (Lipinski definition) is 5. The fourth-order valence-electron chi connectivity index (χ4n) is 3.81. The summed E-state index contributed by atoms with van der Waals surface area (Å²) < 4.78 is 23.1. The highest BCUT2D eigenvalue weighted by Gasteiger charge is 2.17. The number of benzene rings is 3. The number of hydrogen-bond donors (Lipinski definition) is 0. The van der Waals surface area contributed by atoms with Gasteiger partial charge in [-0.15, -0.1) is 0 Å². The van der Waals surface area contributed by atoms with Gasteiger partial charge in [0.2, 0.25) is 5.43 Å². The summed E-state index contributed by atoms with van der Waals surface area (Å²) >= 11 is 12.1. The van der Waals surface area contributed by atoms with Crippen LogP contribution in [0.15, 0.2) is 64.0 Å². The topological polar surface area (TPSA) is 57.9 Å². The Hall–Kier alpha value is -3.15. The largest absolute Gasteiger partial charge is 0.488 e. The quantitative estimate of drug-likeness (QED) is 0.317. The molecule has 4 aromatic rings. The van der Waals surface area contributed by atoms with Gasteiger partial charge in [-0.25, -0.2) is 0 Å². The zero-order chi connectivity index (χ0) is 22.9. The molecule has 168 valence electrons. The van der Waals surface area contributed by atoms with E-state index in [-0.39, 0.29) is 5.43 Å². The molecule has 0 spiro atoms. The first kappa shape index (κ1) is 21.7. The Kier molecular flexibility index (Phi) is 5.92. The summed E-state index contributed by atoms with van der Waals surface area (Å²) in [4.78, 5) is 13.3. The maximum Gasteiger partial charge on any atom is 0.200 e. The zero-order valence-corrected chi connectivity index (χ0v) is 19.3. The number of aryl methyl sites for hydroxylation is 1. The summed E-state index contributed by atoms with van der Waals surface area (Å²) in [5, 5.41) is 1.47. The van der Waals surface area contributed by atoms with Crippen LogP contribution in [0.1, 0.15) is 18.1 Å². The minimum absolute atomic E-state index is 0.112. The summed E-state index contributed by atoms with van der Waals surface area (Å²) in [6, 6.07) is 14.4. The van der Waals surface area contributed by atoms with Crippen molar-refractivity contribution < 1.29 is 18.6 Å². The predicted molar refractivity (Wildman–Crippen MR) is 129 cm³/mol. The fourth-order valence-corrected chi connectivity index (χ4v) is 4.13. The monoisotopic (exact) mass is 482 g/mol. The van der Waals surface area contributed by atoms with Crippen LogP contribution in [0.3, 0.4) is 0 Å². The van der Waals surface area contributed by atoms with Gasteiger partial charge in [0.15, 0.2) is 11.5 Å². The molecule has 0 radical (unpaired) electrons. The van der Waals surface area contributed by atoms with E-state index in [4.69, 9.17) is 41.8 Å². The Balaban J connectivity index is 1.49. The van der Waals surface area contributed by atoms with Gasteiger partial charge in [0.05, 0.1) is 21.0 Å². The third-order valence-corrected chi connectivity index (χ3v) is 6.31. The van der Waals surface area contributed by atoms with Crippen molar-refractivity contribution in [1.82, 2.24) is 0 Å². The Labute approximate surface area is 200 Å². The van der Waals surface area contributed by atoms with E-state index >= 15 is 0 Å². The fraction of sp³-hybridized carbons (Fsp3) is 0.192. The average Bonchev–Trinajstić information content (AvgIpc) is 2.84. The molecule has 0 unspecified atom stereocenters. The smallest absolute Gasteiger partial charge is 0.200 e. The lowest BCUT2D eigenvalue weighted by Crippen LogP contribution is -2.15. The molecule has 3 aromatic carbocycles. The van der Waals surface area contributed by atoms with Crippen molar-refractivity contribution >= 4 is 34.2 Å².